The Balaban J connectivity index is 2.16. The number of methoxy groups -OCH3 is 1. The Labute approximate surface area is 121 Å². The van der Waals surface area contributed by atoms with Gasteiger partial charge in [0, 0.05) is 19.3 Å². The highest BCUT2D eigenvalue weighted by molar-refractivity contribution is 5.41. The molecule has 0 saturated heterocycles. The largest absolute Gasteiger partial charge is 0.494 e. The molecule has 0 radical (unpaired) electrons. The molecule has 1 unspecified atom stereocenters. The molecular formula is C15H26N2O3. The molecule has 0 aromatic heterocycles. The summed E-state index contributed by atoms with van der Waals surface area (Å²) < 4.78 is 16.5. The Morgan fingerprint density at radius 3 is 2.40 bits per heavy atom. The molecule has 0 spiro atoms. The smallest absolute Gasteiger partial charge is 0.216 e. The van der Waals surface area contributed by atoms with Gasteiger partial charge in [-0.1, -0.05) is 0 Å². The molecule has 0 fully saturated rings. The first kappa shape index (κ1) is 16.8. The number of ether oxygens (including phenoxy) is 3. The molecule has 0 aliphatic rings. The number of nitrogen functional groups attached to an aromatic ring is 1. The van der Waals surface area contributed by atoms with Crippen molar-refractivity contribution >= 4 is 5.69 Å². The van der Waals surface area contributed by atoms with E-state index in [1.54, 1.807) is 7.11 Å². The molecule has 5 nitrogen and oxygen atoms in total. The fourth-order valence-electron chi connectivity index (χ4n) is 1.54. The first-order chi connectivity index (χ1) is 9.40. The molecule has 0 amide bonds. The van der Waals surface area contributed by atoms with Gasteiger partial charge in [-0.2, -0.15) is 0 Å². The van der Waals surface area contributed by atoms with Gasteiger partial charge >= 0.3 is 0 Å². The lowest BCUT2D eigenvalue weighted by Gasteiger charge is -2.26. The lowest BCUT2D eigenvalue weighted by atomic mass is 10.2. The minimum atomic E-state index is -0.397. The van der Waals surface area contributed by atoms with Gasteiger partial charge in [0.25, 0.3) is 0 Å². The monoisotopic (exact) mass is 282 g/mol. The molecule has 1 aromatic carbocycles. The number of hydrogen-bond acceptors (Lipinski definition) is 5. The van der Waals surface area contributed by atoms with Crippen molar-refractivity contribution < 1.29 is 14.2 Å². The minimum Gasteiger partial charge on any atom is -0.494 e. The van der Waals surface area contributed by atoms with Crippen molar-refractivity contribution in [3.63, 3.8) is 0 Å². The average molecular weight is 282 g/mol. The van der Waals surface area contributed by atoms with Crippen LogP contribution in [0.1, 0.15) is 27.2 Å². The van der Waals surface area contributed by atoms with Crippen LogP contribution in [0.2, 0.25) is 0 Å². The van der Waals surface area contributed by atoms with Crippen molar-refractivity contribution in [2.45, 2.75) is 39.2 Å². The summed E-state index contributed by atoms with van der Waals surface area (Å²) in [6.45, 7) is 7.35. The molecule has 1 rings (SSSR count). The normalized spacial score (nSPS) is 13.2. The van der Waals surface area contributed by atoms with E-state index in [1.807, 2.05) is 45.0 Å². The van der Waals surface area contributed by atoms with Crippen molar-refractivity contribution in [2.24, 2.45) is 0 Å². The first-order valence-electron chi connectivity index (χ1n) is 6.83. The molecule has 0 aliphatic carbocycles. The standard InChI is InChI=1S/C15H26N2O3/c1-15(2,3)20-14(18-4)17-10-5-11-19-13-8-6-12(16)7-9-13/h6-9,14,17H,5,10-11,16H2,1-4H3. The van der Waals surface area contributed by atoms with Crippen molar-refractivity contribution in [3.8, 4) is 5.75 Å². The van der Waals surface area contributed by atoms with Gasteiger partial charge in [-0.05, 0) is 51.5 Å². The number of nitrogens with one attached hydrogen (secondary N) is 1. The zero-order valence-corrected chi connectivity index (χ0v) is 12.8. The maximum absolute atomic E-state index is 5.68. The second-order valence-electron chi connectivity index (χ2n) is 5.52. The quantitative estimate of drug-likeness (QED) is 0.435. The van der Waals surface area contributed by atoms with E-state index in [2.05, 4.69) is 5.32 Å². The van der Waals surface area contributed by atoms with Crippen LogP contribution in [0.3, 0.4) is 0 Å². The lowest BCUT2D eigenvalue weighted by Crippen LogP contribution is -2.40. The zero-order valence-electron chi connectivity index (χ0n) is 12.8. The third-order valence-electron chi connectivity index (χ3n) is 2.46. The summed E-state index contributed by atoms with van der Waals surface area (Å²) in [5.74, 6) is 0.827. The van der Waals surface area contributed by atoms with E-state index < -0.39 is 6.41 Å². The lowest BCUT2D eigenvalue weighted by molar-refractivity contribution is -0.197. The summed E-state index contributed by atoms with van der Waals surface area (Å²) in [6, 6.07) is 7.38. The third-order valence-corrected chi connectivity index (χ3v) is 2.46. The van der Waals surface area contributed by atoms with Gasteiger partial charge in [-0.25, -0.2) is 0 Å². The van der Waals surface area contributed by atoms with Gasteiger partial charge in [-0.15, -0.1) is 0 Å². The third kappa shape index (κ3) is 7.33. The molecule has 3 N–H and O–H groups in total. The van der Waals surface area contributed by atoms with Gasteiger partial charge < -0.3 is 19.9 Å². The Hall–Kier alpha value is -1.30. The van der Waals surface area contributed by atoms with E-state index in [-0.39, 0.29) is 5.60 Å². The summed E-state index contributed by atoms with van der Waals surface area (Å²) in [5.41, 5.74) is 6.10. The number of rotatable bonds is 8. The molecule has 0 bridgehead atoms. The van der Waals surface area contributed by atoms with Gasteiger partial charge in [0.05, 0.1) is 12.2 Å². The minimum absolute atomic E-state index is 0.242. The van der Waals surface area contributed by atoms with Crippen LogP contribution >= 0.6 is 0 Å². The highest BCUT2D eigenvalue weighted by Crippen LogP contribution is 2.13. The van der Waals surface area contributed by atoms with Crippen LogP contribution < -0.4 is 15.8 Å². The van der Waals surface area contributed by atoms with Gasteiger partial charge in [0.15, 0.2) is 0 Å². The summed E-state index contributed by atoms with van der Waals surface area (Å²) >= 11 is 0. The fourth-order valence-corrected chi connectivity index (χ4v) is 1.54. The zero-order chi connectivity index (χ0) is 15.0. The van der Waals surface area contributed by atoms with E-state index in [0.29, 0.717) is 6.61 Å². The van der Waals surface area contributed by atoms with E-state index in [1.165, 1.54) is 0 Å². The molecule has 0 saturated carbocycles. The van der Waals surface area contributed by atoms with Crippen LogP contribution in [0.15, 0.2) is 24.3 Å². The van der Waals surface area contributed by atoms with Crippen LogP contribution in [-0.4, -0.2) is 32.3 Å². The topological polar surface area (TPSA) is 65.7 Å². The van der Waals surface area contributed by atoms with Crippen LogP contribution in [-0.2, 0) is 9.47 Å². The number of anilines is 1. The van der Waals surface area contributed by atoms with Crippen molar-refractivity contribution in [2.75, 3.05) is 26.0 Å². The Kier molecular flexibility index (Phi) is 6.78. The van der Waals surface area contributed by atoms with Crippen LogP contribution in [0, 0.1) is 0 Å². The van der Waals surface area contributed by atoms with Crippen molar-refractivity contribution in [3.05, 3.63) is 24.3 Å². The maximum atomic E-state index is 5.68. The summed E-state index contributed by atoms with van der Waals surface area (Å²) in [4.78, 5) is 0. The number of benzene rings is 1. The Morgan fingerprint density at radius 1 is 1.20 bits per heavy atom. The fraction of sp³-hybridized carbons (Fsp3) is 0.600. The van der Waals surface area contributed by atoms with Gasteiger partial charge in [0.2, 0.25) is 6.41 Å². The SMILES string of the molecule is COC(NCCCOc1ccc(N)cc1)OC(C)(C)C. The highest BCUT2D eigenvalue weighted by Gasteiger charge is 2.17. The maximum Gasteiger partial charge on any atom is 0.216 e. The van der Waals surface area contributed by atoms with Crippen LogP contribution in [0.4, 0.5) is 5.69 Å². The van der Waals surface area contributed by atoms with E-state index in [9.17, 15) is 0 Å². The van der Waals surface area contributed by atoms with Crippen molar-refractivity contribution in [1.82, 2.24) is 5.32 Å². The van der Waals surface area contributed by atoms with E-state index in [4.69, 9.17) is 19.9 Å². The molecule has 1 aromatic rings. The predicted molar refractivity (Wildman–Crippen MR) is 80.6 cm³/mol. The molecule has 0 heterocycles. The predicted octanol–water partition coefficient (Wildman–Crippen LogP) is 2.37. The van der Waals surface area contributed by atoms with Crippen LogP contribution in [0.5, 0.6) is 5.75 Å². The molecule has 114 valence electrons. The van der Waals surface area contributed by atoms with Gasteiger partial charge in [-0.3, -0.25) is 5.32 Å². The molecule has 5 heteroatoms. The van der Waals surface area contributed by atoms with E-state index in [0.717, 1.165) is 24.4 Å². The summed E-state index contributed by atoms with van der Waals surface area (Å²) in [5, 5.41) is 3.18. The summed E-state index contributed by atoms with van der Waals surface area (Å²) in [6.07, 6.45) is 0.462. The summed E-state index contributed by atoms with van der Waals surface area (Å²) in [7, 11) is 1.62. The highest BCUT2D eigenvalue weighted by atomic mass is 16.7. The second kappa shape index (κ2) is 8.09. The Bertz CT molecular complexity index is 374. The molecule has 1 atom stereocenters. The number of hydrogen-bond donors (Lipinski definition) is 2. The van der Waals surface area contributed by atoms with E-state index >= 15 is 0 Å². The Morgan fingerprint density at radius 2 is 1.85 bits per heavy atom. The molecule has 20 heavy (non-hydrogen) atoms. The first-order valence-corrected chi connectivity index (χ1v) is 6.83. The average Bonchev–Trinajstić information content (AvgIpc) is 2.37. The number of nitrogens with two attached hydrogens (primary N) is 1. The van der Waals surface area contributed by atoms with Gasteiger partial charge in [0.1, 0.15) is 5.75 Å². The molecular weight excluding hydrogens is 256 g/mol. The van der Waals surface area contributed by atoms with Crippen LogP contribution in [0.25, 0.3) is 0 Å². The van der Waals surface area contributed by atoms with Crippen molar-refractivity contribution in [1.29, 1.82) is 0 Å². The second-order valence-corrected chi connectivity index (χ2v) is 5.52. The molecule has 0 aliphatic heterocycles.